The summed E-state index contributed by atoms with van der Waals surface area (Å²) in [5.41, 5.74) is 6.15. The molecule has 10 nitrogen and oxygen atoms in total. The van der Waals surface area contributed by atoms with Crippen LogP contribution in [-0.4, -0.2) is 60.1 Å². The van der Waals surface area contributed by atoms with Crippen LogP contribution in [0.25, 0.3) is 0 Å². The fraction of sp³-hybridized carbons (Fsp3) is 0.400. The van der Waals surface area contributed by atoms with Crippen molar-refractivity contribution in [3.63, 3.8) is 0 Å². The molecule has 3 rings (SSSR count). The van der Waals surface area contributed by atoms with Crippen molar-refractivity contribution in [3.05, 3.63) is 41.8 Å². The summed E-state index contributed by atoms with van der Waals surface area (Å²) in [6.45, 7) is 0.948. The summed E-state index contributed by atoms with van der Waals surface area (Å²) in [6.07, 6.45) is 1.41. The third-order valence-electron chi connectivity index (χ3n) is 4.96. The molecule has 0 bridgehead atoms. The Labute approximate surface area is 178 Å². The van der Waals surface area contributed by atoms with Crippen LogP contribution in [0, 0.1) is 23.1 Å². The number of carbonyl (C=O) groups excluding carboxylic acids is 2. The van der Waals surface area contributed by atoms with Gasteiger partial charge in [-0.2, -0.15) is 10.4 Å². The van der Waals surface area contributed by atoms with Crippen LogP contribution in [0.4, 0.5) is 20.7 Å². The van der Waals surface area contributed by atoms with Gasteiger partial charge in [-0.05, 0) is 30.7 Å². The molecule has 11 heteroatoms. The van der Waals surface area contributed by atoms with Crippen molar-refractivity contribution in [2.24, 2.45) is 11.7 Å². The molecule has 1 aromatic heterocycles. The molecule has 31 heavy (non-hydrogen) atoms. The number of aromatic nitrogens is 2. The number of nitrogens with zero attached hydrogens (tertiary/aromatic N) is 4. The molecule has 1 aliphatic heterocycles. The van der Waals surface area contributed by atoms with E-state index in [1.54, 1.807) is 0 Å². The van der Waals surface area contributed by atoms with Crippen molar-refractivity contribution < 1.29 is 23.5 Å². The maximum atomic E-state index is 13.1. The molecule has 3 N–H and O–H groups in total. The quantitative estimate of drug-likeness (QED) is 0.642. The van der Waals surface area contributed by atoms with Crippen LogP contribution < -0.4 is 11.1 Å². The average Bonchev–Trinajstić information content (AvgIpc) is 3.19. The summed E-state index contributed by atoms with van der Waals surface area (Å²) in [7, 11) is 1.51. The summed E-state index contributed by atoms with van der Waals surface area (Å²) >= 11 is 0. The number of benzene rings is 1. The Hall–Kier alpha value is -3.65. The zero-order chi connectivity index (χ0) is 22.4. The highest BCUT2D eigenvalue weighted by Gasteiger charge is 2.34. The first-order chi connectivity index (χ1) is 14.9. The number of methoxy groups -OCH3 is 1. The van der Waals surface area contributed by atoms with Crippen LogP contribution in [0.1, 0.15) is 22.8 Å². The van der Waals surface area contributed by atoms with E-state index in [1.807, 2.05) is 0 Å². The lowest BCUT2D eigenvalue weighted by molar-refractivity contribution is 0.0568. The molecule has 2 aromatic rings. The van der Waals surface area contributed by atoms with Gasteiger partial charge in [0.15, 0.2) is 5.82 Å². The second-order valence-electron chi connectivity index (χ2n) is 7.01. The number of hydrogen-bond acceptors (Lipinski definition) is 7. The monoisotopic (exact) mass is 430 g/mol. The van der Waals surface area contributed by atoms with Gasteiger partial charge < -0.3 is 25.4 Å². The normalized spacial score (nSPS) is 18.3. The Balaban J connectivity index is 1.76. The van der Waals surface area contributed by atoms with Crippen molar-refractivity contribution in [3.8, 4) is 6.07 Å². The van der Waals surface area contributed by atoms with Gasteiger partial charge in [-0.3, -0.25) is 9.48 Å². The highest BCUT2D eigenvalue weighted by Crippen LogP contribution is 2.30. The first-order valence-electron chi connectivity index (χ1n) is 9.64. The van der Waals surface area contributed by atoms with E-state index in [4.69, 9.17) is 15.2 Å². The molecule has 1 aliphatic rings. The van der Waals surface area contributed by atoms with Crippen molar-refractivity contribution in [1.82, 2.24) is 14.7 Å². The molecule has 0 saturated carbocycles. The largest absolute Gasteiger partial charge is 0.447 e. The summed E-state index contributed by atoms with van der Waals surface area (Å²) in [6, 6.07) is 7.40. The molecule has 1 saturated heterocycles. The molecule has 0 radical (unpaired) electrons. The summed E-state index contributed by atoms with van der Waals surface area (Å²) < 4.78 is 24.6. The summed E-state index contributed by atoms with van der Waals surface area (Å²) in [5.74, 6) is -1.45. The lowest BCUT2D eigenvalue weighted by atomic mass is 9.94. The molecule has 2 atom stereocenters. The number of amides is 2. The second-order valence-corrected chi connectivity index (χ2v) is 7.01. The van der Waals surface area contributed by atoms with Gasteiger partial charge in [0.25, 0.3) is 5.91 Å². The number of primary amides is 1. The number of piperidine rings is 1. The van der Waals surface area contributed by atoms with Crippen LogP contribution in [-0.2, 0) is 9.47 Å². The summed E-state index contributed by atoms with van der Waals surface area (Å²) in [5, 5.41) is 17.0. The molecular weight excluding hydrogens is 407 g/mol. The highest BCUT2D eigenvalue weighted by atomic mass is 19.1. The van der Waals surface area contributed by atoms with Crippen molar-refractivity contribution >= 4 is 23.5 Å². The number of carbonyl (C=O) groups is 2. The molecule has 2 heterocycles. The minimum Gasteiger partial charge on any atom is -0.447 e. The van der Waals surface area contributed by atoms with Crippen molar-refractivity contribution in [2.75, 3.05) is 38.7 Å². The molecule has 164 valence electrons. The summed E-state index contributed by atoms with van der Waals surface area (Å²) in [4.78, 5) is 25.5. The molecule has 1 aromatic carbocycles. The third kappa shape index (κ3) is 5.29. The molecule has 2 amide bonds. The predicted molar refractivity (Wildman–Crippen MR) is 108 cm³/mol. The number of likely N-dealkylation sites (tertiary alicyclic amines) is 1. The predicted octanol–water partition coefficient (Wildman–Crippen LogP) is 2.03. The van der Waals surface area contributed by atoms with Crippen LogP contribution in [0.2, 0.25) is 0 Å². The Bertz CT molecular complexity index is 971. The Morgan fingerprint density at radius 1 is 1.35 bits per heavy atom. The smallest absolute Gasteiger partial charge is 0.409 e. The van der Waals surface area contributed by atoms with E-state index in [-0.39, 0.29) is 37.2 Å². The second kappa shape index (κ2) is 9.90. The first kappa shape index (κ1) is 22.0. The van der Waals surface area contributed by atoms with E-state index in [2.05, 4.69) is 16.5 Å². The zero-order valence-electron chi connectivity index (χ0n) is 17.0. The number of anilines is 2. The van der Waals surface area contributed by atoms with Gasteiger partial charge >= 0.3 is 6.09 Å². The van der Waals surface area contributed by atoms with Crippen LogP contribution in [0.5, 0.6) is 0 Å². The fourth-order valence-corrected chi connectivity index (χ4v) is 3.36. The number of rotatable bonds is 7. The van der Waals surface area contributed by atoms with E-state index in [9.17, 15) is 19.2 Å². The SMILES string of the molecule is COCCOC(=O)N1CCC(n2cc(C(N)=O)c(Nc3ccc(F)cc3)n2)C(C#N)C1. The minimum absolute atomic E-state index is 0.131. The maximum Gasteiger partial charge on any atom is 0.409 e. The number of nitrogens with two attached hydrogens (primary N) is 1. The van der Waals surface area contributed by atoms with Gasteiger partial charge in [-0.25, -0.2) is 9.18 Å². The number of ether oxygens (including phenoxy) is 2. The van der Waals surface area contributed by atoms with Gasteiger partial charge in [-0.1, -0.05) is 0 Å². The lowest BCUT2D eigenvalue weighted by Gasteiger charge is -2.34. The standard InChI is InChI=1S/C20H23FN6O4/c1-30-8-9-31-20(29)26-7-6-17(13(10-22)11-26)27-12-16(18(23)28)19(25-27)24-15-4-2-14(21)3-5-15/h2-5,12-13,17H,6-9,11H2,1H3,(H2,23,28)(H,24,25). The van der Waals surface area contributed by atoms with Gasteiger partial charge in [0, 0.05) is 32.1 Å². The molecule has 0 spiro atoms. The Morgan fingerprint density at radius 2 is 2.10 bits per heavy atom. The third-order valence-corrected chi connectivity index (χ3v) is 4.96. The van der Waals surface area contributed by atoms with Gasteiger partial charge in [0.2, 0.25) is 0 Å². The van der Waals surface area contributed by atoms with Crippen LogP contribution in [0.15, 0.2) is 30.5 Å². The minimum atomic E-state index is -0.691. The van der Waals surface area contributed by atoms with E-state index in [0.29, 0.717) is 18.7 Å². The zero-order valence-corrected chi connectivity index (χ0v) is 17.0. The average molecular weight is 430 g/mol. The van der Waals surface area contributed by atoms with E-state index in [0.717, 1.165) is 0 Å². The number of halogens is 1. The topological polar surface area (TPSA) is 136 Å². The maximum absolute atomic E-state index is 13.1. The Kier molecular flexibility index (Phi) is 7.04. The number of hydrogen-bond donors (Lipinski definition) is 2. The molecule has 2 unspecified atom stereocenters. The first-order valence-corrected chi connectivity index (χ1v) is 9.64. The van der Waals surface area contributed by atoms with E-state index >= 15 is 0 Å². The van der Waals surface area contributed by atoms with Crippen LogP contribution >= 0.6 is 0 Å². The molecule has 0 aliphatic carbocycles. The van der Waals surface area contributed by atoms with Crippen molar-refractivity contribution in [2.45, 2.75) is 12.5 Å². The van der Waals surface area contributed by atoms with Crippen molar-refractivity contribution in [1.29, 1.82) is 5.26 Å². The molecule has 1 fully saturated rings. The van der Waals surface area contributed by atoms with Crippen LogP contribution in [0.3, 0.4) is 0 Å². The Morgan fingerprint density at radius 3 is 2.74 bits per heavy atom. The highest BCUT2D eigenvalue weighted by molar-refractivity contribution is 5.98. The van der Waals surface area contributed by atoms with E-state index < -0.39 is 23.7 Å². The van der Waals surface area contributed by atoms with E-state index in [1.165, 1.54) is 47.2 Å². The van der Waals surface area contributed by atoms with Gasteiger partial charge in [0.1, 0.15) is 18.0 Å². The van der Waals surface area contributed by atoms with Gasteiger partial charge in [-0.15, -0.1) is 0 Å². The fourth-order valence-electron chi connectivity index (χ4n) is 3.36. The lowest BCUT2D eigenvalue weighted by Crippen LogP contribution is -2.44. The number of nitriles is 1. The molecular formula is C20H23FN6O4. The number of nitrogens with one attached hydrogen (secondary N) is 1. The van der Waals surface area contributed by atoms with Gasteiger partial charge in [0.05, 0.1) is 24.6 Å².